The molecule has 0 saturated carbocycles. The molecule has 0 unspecified atom stereocenters. The summed E-state index contributed by atoms with van der Waals surface area (Å²) in [4.78, 5) is 12.6. The maximum atomic E-state index is 12.1. The highest BCUT2D eigenvalue weighted by molar-refractivity contribution is 7.85. The van der Waals surface area contributed by atoms with E-state index in [0.29, 0.717) is 18.1 Å². The van der Waals surface area contributed by atoms with Crippen molar-refractivity contribution in [1.29, 1.82) is 0 Å². The summed E-state index contributed by atoms with van der Waals surface area (Å²) < 4.78 is 22.8. The van der Waals surface area contributed by atoms with Gasteiger partial charge in [-0.05, 0) is 26.0 Å². The van der Waals surface area contributed by atoms with Crippen LogP contribution in [0.3, 0.4) is 0 Å². The van der Waals surface area contributed by atoms with Gasteiger partial charge in [-0.2, -0.15) is 0 Å². The molecule has 1 aromatic carbocycles. The lowest BCUT2D eigenvalue weighted by atomic mass is 10.2. The van der Waals surface area contributed by atoms with Crippen LogP contribution in [0.4, 0.5) is 0 Å². The van der Waals surface area contributed by atoms with Gasteiger partial charge in [0.05, 0.1) is 36.2 Å². The third-order valence-electron chi connectivity index (χ3n) is 2.99. The SMILES string of the molecule is Cc1ccc([S@](=O)CC(=O)CC2(C)OCCO2)cc1. The standard InChI is InChI=1S/C14H18O4S/c1-11-3-5-13(6-4-11)19(16)10-12(15)9-14(2)17-7-8-18-14/h3-6H,7-10H2,1-2H3/t19-/m1/s1. The number of aryl methyl sites for hydroxylation is 1. The Morgan fingerprint density at radius 1 is 1.26 bits per heavy atom. The molecule has 2 rings (SSSR count). The summed E-state index contributed by atoms with van der Waals surface area (Å²) in [6.07, 6.45) is 0.143. The summed E-state index contributed by atoms with van der Waals surface area (Å²) in [7, 11) is -1.30. The van der Waals surface area contributed by atoms with Crippen molar-refractivity contribution >= 4 is 16.6 Å². The fourth-order valence-electron chi connectivity index (χ4n) is 1.99. The summed E-state index contributed by atoms with van der Waals surface area (Å²) in [6, 6.07) is 7.37. The van der Waals surface area contributed by atoms with Crippen LogP contribution in [0.2, 0.25) is 0 Å². The van der Waals surface area contributed by atoms with Crippen molar-refractivity contribution in [3.63, 3.8) is 0 Å². The van der Waals surface area contributed by atoms with Crippen LogP contribution in [0.15, 0.2) is 29.2 Å². The quantitative estimate of drug-likeness (QED) is 0.826. The topological polar surface area (TPSA) is 52.6 Å². The highest BCUT2D eigenvalue weighted by atomic mass is 32.2. The molecule has 0 aromatic heterocycles. The Bertz CT molecular complexity index is 475. The van der Waals surface area contributed by atoms with Crippen LogP contribution in [0, 0.1) is 6.92 Å². The van der Waals surface area contributed by atoms with E-state index in [9.17, 15) is 9.00 Å². The molecule has 0 spiro atoms. The number of carbonyl (C=O) groups excluding carboxylic acids is 1. The van der Waals surface area contributed by atoms with Gasteiger partial charge in [-0.3, -0.25) is 9.00 Å². The molecular weight excluding hydrogens is 264 g/mol. The van der Waals surface area contributed by atoms with E-state index in [0.717, 1.165) is 5.56 Å². The first-order valence-corrected chi connectivity index (χ1v) is 7.55. The molecule has 5 heteroatoms. The van der Waals surface area contributed by atoms with Crippen LogP contribution in [0.25, 0.3) is 0 Å². The second kappa shape index (κ2) is 5.94. The Kier molecular flexibility index (Phi) is 4.50. The third-order valence-corrected chi connectivity index (χ3v) is 4.37. The van der Waals surface area contributed by atoms with Gasteiger partial charge in [0.15, 0.2) is 11.6 Å². The van der Waals surface area contributed by atoms with Gasteiger partial charge in [0, 0.05) is 4.90 Å². The lowest BCUT2D eigenvalue weighted by Gasteiger charge is -2.20. The second-order valence-corrected chi connectivity index (χ2v) is 6.30. The van der Waals surface area contributed by atoms with Gasteiger partial charge in [-0.15, -0.1) is 0 Å². The number of ketones is 1. The molecule has 1 saturated heterocycles. The van der Waals surface area contributed by atoms with E-state index in [1.54, 1.807) is 19.1 Å². The fraction of sp³-hybridized carbons (Fsp3) is 0.500. The molecule has 0 bridgehead atoms. The average molecular weight is 282 g/mol. The van der Waals surface area contributed by atoms with Gasteiger partial charge in [0.1, 0.15) is 0 Å². The Hall–Kier alpha value is -1.04. The Balaban J connectivity index is 1.91. The minimum Gasteiger partial charge on any atom is -0.347 e. The fourth-order valence-corrected chi connectivity index (χ4v) is 2.99. The van der Waals surface area contributed by atoms with Gasteiger partial charge < -0.3 is 9.47 Å². The lowest BCUT2D eigenvalue weighted by molar-refractivity contribution is -0.156. The van der Waals surface area contributed by atoms with Gasteiger partial charge in [0.25, 0.3) is 0 Å². The molecule has 0 aliphatic carbocycles. The maximum absolute atomic E-state index is 12.1. The first kappa shape index (κ1) is 14.4. The zero-order chi connectivity index (χ0) is 13.9. The molecule has 1 aliphatic heterocycles. The average Bonchev–Trinajstić information content (AvgIpc) is 2.76. The third kappa shape index (κ3) is 3.96. The first-order chi connectivity index (χ1) is 8.98. The number of hydrogen-bond acceptors (Lipinski definition) is 4. The molecule has 1 aliphatic rings. The Labute approximate surface area is 115 Å². The predicted octanol–water partition coefficient (Wildman–Crippen LogP) is 1.82. The van der Waals surface area contributed by atoms with Crippen LogP contribution in [-0.4, -0.2) is 34.7 Å². The van der Waals surface area contributed by atoms with E-state index in [1.165, 1.54) is 0 Å². The summed E-state index contributed by atoms with van der Waals surface area (Å²) >= 11 is 0. The molecule has 1 atom stereocenters. The van der Waals surface area contributed by atoms with Crippen molar-refractivity contribution in [3.8, 4) is 0 Å². The van der Waals surface area contributed by atoms with Crippen molar-refractivity contribution in [3.05, 3.63) is 29.8 Å². The van der Waals surface area contributed by atoms with Crippen LogP contribution >= 0.6 is 0 Å². The van der Waals surface area contributed by atoms with Crippen molar-refractivity contribution < 1.29 is 18.5 Å². The van der Waals surface area contributed by atoms with Crippen molar-refractivity contribution in [1.82, 2.24) is 0 Å². The number of ether oxygens (including phenoxy) is 2. The lowest BCUT2D eigenvalue weighted by Crippen LogP contribution is -2.30. The smallest absolute Gasteiger partial charge is 0.172 e. The summed E-state index contributed by atoms with van der Waals surface area (Å²) in [5.41, 5.74) is 1.10. The van der Waals surface area contributed by atoms with E-state index in [1.807, 2.05) is 19.1 Å². The molecule has 4 nitrogen and oxygen atoms in total. The molecule has 1 heterocycles. The molecule has 19 heavy (non-hydrogen) atoms. The van der Waals surface area contributed by atoms with E-state index in [-0.39, 0.29) is 18.0 Å². The van der Waals surface area contributed by atoms with Crippen LogP contribution in [0.1, 0.15) is 18.9 Å². The number of rotatable bonds is 5. The van der Waals surface area contributed by atoms with E-state index in [4.69, 9.17) is 9.47 Å². The molecule has 1 fully saturated rings. The number of Topliss-reactive ketones (excluding diaryl/α,β-unsaturated/α-hetero) is 1. The molecule has 1 aromatic rings. The maximum Gasteiger partial charge on any atom is 0.172 e. The Morgan fingerprint density at radius 3 is 2.42 bits per heavy atom. The van der Waals surface area contributed by atoms with Gasteiger partial charge in [-0.25, -0.2) is 0 Å². The zero-order valence-corrected chi connectivity index (χ0v) is 12.0. The summed E-state index contributed by atoms with van der Waals surface area (Å²) in [6.45, 7) is 4.72. The molecule has 0 amide bonds. The largest absolute Gasteiger partial charge is 0.347 e. The van der Waals surface area contributed by atoms with E-state index >= 15 is 0 Å². The summed E-state index contributed by atoms with van der Waals surface area (Å²) in [5.74, 6) is -0.941. The predicted molar refractivity (Wildman–Crippen MR) is 72.4 cm³/mol. The number of hydrogen-bond donors (Lipinski definition) is 0. The van der Waals surface area contributed by atoms with Crippen LogP contribution in [-0.2, 0) is 25.1 Å². The van der Waals surface area contributed by atoms with Crippen molar-refractivity contribution in [2.75, 3.05) is 19.0 Å². The van der Waals surface area contributed by atoms with Crippen LogP contribution < -0.4 is 0 Å². The van der Waals surface area contributed by atoms with Gasteiger partial charge in [0.2, 0.25) is 0 Å². The van der Waals surface area contributed by atoms with Gasteiger partial charge >= 0.3 is 0 Å². The number of carbonyl (C=O) groups is 1. The number of benzene rings is 1. The minimum atomic E-state index is -1.30. The minimum absolute atomic E-state index is 0.00533. The Morgan fingerprint density at radius 2 is 1.84 bits per heavy atom. The molecule has 104 valence electrons. The van der Waals surface area contributed by atoms with Crippen molar-refractivity contribution in [2.24, 2.45) is 0 Å². The first-order valence-electron chi connectivity index (χ1n) is 6.23. The van der Waals surface area contributed by atoms with Crippen LogP contribution in [0.5, 0.6) is 0 Å². The van der Waals surface area contributed by atoms with E-state index < -0.39 is 16.6 Å². The van der Waals surface area contributed by atoms with E-state index in [2.05, 4.69) is 0 Å². The summed E-state index contributed by atoms with van der Waals surface area (Å²) in [5, 5.41) is 0. The highest BCUT2D eigenvalue weighted by Crippen LogP contribution is 2.23. The molecular formula is C14H18O4S. The van der Waals surface area contributed by atoms with Gasteiger partial charge in [-0.1, -0.05) is 17.7 Å². The zero-order valence-electron chi connectivity index (χ0n) is 11.2. The van der Waals surface area contributed by atoms with Crippen molar-refractivity contribution in [2.45, 2.75) is 31.0 Å². The second-order valence-electron chi connectivity index (χ2n) is 4.85. The molecule has 0 radical (unpaired) electrons. The monoisotopic (exact) mass is 282 g/mol. The molecule has 0 N–H and O–H groups in total. The normalized spacial score (nSPS) is 19.3. The highest BCUT2D eigenvalue weighted by Gasteiger charge is 2.33.